The largest absolute Gasteiger partial charge is 0.464 e. The molecule has 0 saturated heterocycles. The van der Waals surface area contributed by atoms with Crippen LogP contribution in [0.15, 0.2) is 28.0 Å². The van der Waals surface area contributed by atoms with Gasteiger partial charge in [0.2, 0.25) is 0 Å². The monoisotopic (exact) mass is 221 g/mol. The van der Waals surface area contributed by atoms with E-state index in [1.807, 2.05) is 26.1 Å². The standard InChI is InChI=1S/C12H15NOS/c1-8-4-5-11(14-8)12(13-3)10-6-9(2)15-7-10/h4-7,12-13H,1-3H3. The number of hydrogen-bond acceptors (Lipinski definition) is 3. The van der Waals surface area contributed by atoms with Gasteiger partial charge in [0.1, 0.15) is 11.5 Å². The summed E-state index contributed by atoms with van der Waals surface area (Å²) in [7, 11) is 1.95. The van der Waals surface area contributed by atoms with E-state index in [-0.39, 0.29) is 6.04 Å². The van der Waals surface area contributed by atoms with E-state index in [0.717, 1.165) is 11.5 Å². The molecule has 80 valence electrons. The summed E-state index contributed by atoms with van der Waals surface area (Å²) in [6, 6.07) is 6.40. The van der Waals surface area contributed by atoms with Gasteiger partial charge in [-0.15, -0.1) is 11.3 Å². The van der Waals surface area contributed by atoms with Crippen LogP contribution >= 0.6 is 11.3 Å². The normalized spacial score (nSPS) is 13.0. The average Bonchev–Trinajstić information content (AvgIpc) is 2.78. The van der Waals surface area contributed by atoms with E-state index < -0.39 is 0 Å². The first-order valence-corrected chi connectivity index (χ1v) is 5.87. The van der Waals surface area contributed by atoms with Crippen molar-refractivity contribution in [3.05, 3.63) is 45.5 Å². The predicted octanol–water partition coefficient (Wildman–Crippen LogP) is 3.27. The van der Waals surface area contributed by atoms with Gasteiger partial charge in [-0.25, -0.2) is 0 Å². The van der Waals surface area contributed by atoms with Crippen molar-refractivity contribution in [2.45, 2.75) is 19.9 Å². The molecule has 2 aromatic heterocycles. The van der Waals surface area contributed by atoms with E-state index in [1.54, 1.807) is 11.3 Å². The molecule has 3 heteroatoms. The maximum atomic E-state index is 5.64. The van der Waals surface area contributed by atoms with Gasteiger partial charge in [0.15, 0.2) is 0 Å². The van der Waals surface area contributed by atoms with Crippen molar-refractivity contribution in [1.82, 2.24) is 5.32 Å². The third kappa shape index (κ3) is 2.13. The molecule has 0 radical (unpaired) electrons. The molecule has 0 bridgehead atoms. The maximum Gasteiger partial charge on any atom is 0.125 e. The van der Waals surface area contributed by atoms with Crippen molar-refractivity contribution in [2.24, 2.45) is 0 Å². The molecule has 0 aliphatic heterocycles. The minimum absolute atomic E-state index is 0.170. The van der Waals surface area contributed by atoms with Gasteiger partial charge in [-0.2, -0.15) is 0 Å². The quantitative estimate of drug-likeness (QED) is 0.860. The molecule has 0 amide bonds. The molecule has 0 aromatic carbocycles. The van der Waals surface area contributed by atoms with Crippen LogP contribution in [0.1, 0.15) is 28.0 Å². The summed E-state index contributed by atoms with van der Waals surface area (Å²) in [5.41, 5.74) is 1.27. The van der Waals surface area contributed by atoms with Crippen molar-refractivity contribution in [3.63, 3.8) is 0 Å². The number of furan rings is 1. The molecule has 2 heterocycles. The summed E-state index contributed by atoms with van der Waals surface area (Å²) in [5.74, 6) is 1.94. The van der Waals surface area contributed by atoms with Gasteiger partial charge >= 0.3 is 0 Å². The van der Waals surface area contributed by atoms with E-state index in [4.69, 9.17) is 4.42 Å². The molecule has 0 aliphatic rings. The molecule has 0 fully saturated rings. The number of hydrogen-bond donors (Lipinski definition) is 1. The van der Waals surface area contributed by atoms with Crippen LogP contribution in [0.25, 0.3) is 0 Å². The lowest BCUT2D eigenvalue weighted by Gasteiger charge is -2.11. The van der Waals surface area contributed by atoms with Gasteiger partial charge in [-0.1, -0.05) is 0 Å². The van der Waals surface area contributed by atoms with Crippen LogP contribution in [0.5, 0.6) is 0 Å². The van der Waals surface area contributed by atoms with Crippen molar-refractivity contribution >= 4 is 11.3 Å². The molecular formula is C12H15NOS. The number of nitrogens with one attached hydrogen (secondary N) is 1. The summed E-state index contributed by atoms with van der Waals surface area (Å²) in [6.45, 7) is 4.09. The Balaban J connectivity index is 2.32. The Morgan fingerprint density at radius 2 is 2.13 bits per heavy atom. The van der Waals surface area contributed by atoms with E-state index in [2.05, 4.69) is 23.7 Å². The maximum absolute atomic E-state index is 5.64. The Labute approximate surface area is 93.9 Å². The molecule has 2 nitrogen and oxygen atoms in total. The van der Waals surface area contributed by atoms with E-state index >= 15 is 0 Å². The zero-order valence-corrected chi connectivity index (χ0v) is 10.0. The summed E-state index contributed by atoms with van der Waals surface area (Å²) >= 11 is 1.77. The Kier molecular flexibility index (Phi) is 2.93. The number of thiophene rings is 1. The Bertz CT molecular complexity index is 404. The predicted molar refractivity (Wildman–Crippen MR) is 63.4 cm³/mol. The highest BCUT2D eigenvalue weighted by atomic mass is 32.1. The second-order valence-electron chi connectivity index (χ2n) is 3.66. The van der Waals surface area contributed by atoms with E-state index in [9.17, 15) is 0 Å². The highest BCUT2D eigenvalue weighted by Crippen LogP contribution is 2.27. The minimum Gasteiger partial charge on any atom is -0.464 e. The summed E-state index contributed by atoms with van der Waals surface area (Å²) in [5, 5.41) is 5.45. The van der Waals surface area contributed by atoms with Gasteiger partial charge < -0.3 is 9.73 Å². The van der Waals surface area contributed by atoms with Crippen molar-refractivity contribution in [3.8, 4) is 0 Å². The zero-order chi connectivity index (χ0) is 10.8. The lowest BCUT2D eigenvalue weighted by Crippen LogP contribution is -2.16. The van der Waals surface area contributed by atoms with Crippen molar-refractivity contribution in [1.29, 1.82) is 0 Å². The molecule has 2 rings (SSSR count). The van der Waals surface area contributed by atoms with E-state index in [0.29, 0.717) is 0 Å². The number of aryl methyl sites for hydroxylation is 2. The van der Waals surface area contributed by atoms with Crippen molar-refractivity contribution in [2.75, 3.05) is 7.05 Å². The summed E-state index contributed by atoms with van der Waals surface area (Å²) in [6.07, 6.45) is 0. The minimum atomic E-state index is 0.170. The first-order valence-electron chi connectivity index (χ1n) is 4.99. The van der Waals surface area contributed by atoms with Gasteiger partial charge in [0, 0.05) is 4.88 Å². The SMILES string of the molecule is CNC(c1csc(C)c1)c1ccc(C)o1. The second kappa shape index (κ2) is 4.21. The van der Waals surface area contributed by atoms with Crippen LogP contribution in [0, 0.1) is 13.8 Å². The van der Waals surface area contributed by atoms with Crippen LogP contribution < -0.4 is 5.32 Å². The number of rotatable bonds is 3. The summed E-state index contributed by atoms with van der Waals surface area (Å²) in [4.78, 5) is 1.33. The molecule has 0 spiro atoms. The van der Waals surface area contributed by atoms with Gasteiger partial charge in [0.25, 0.3) is 0 Å². The molecule has 0 aliphatic carbocycles. The lowest BCUT2D eigenvalue weighted by molar-refractivity contribution is 0.444. The molecule has 1 unspecified atom stereocenters. The zero-order valence-electron chi connectivity index (χ0n) is 9.20. The Morgan fingerprint density at radius 1 is 1.33 bits per heavy atom. The van der Waals surface area contributed by atoms with Crippen LogP contribution in [0.2, 0.25) is 0 Å². The fourth-order valence-electron chi connectivity index (χ4n) is 1.70. The Morgan fingerprint density at radius 3 is 2.60 bits per heavy atom. The smallest absolute Gasteiger partial charge is 0.125 e. The van der Waals surface area contributed by atoms with Gasteiger partial charge in [0.05, 0.1) is 6.04 Å². The average molecular weight is 221 g/mol. The lowest BCUT2D eigenvalue weighted by atomic mass is 10.1. The van der Waals surface area contributed by atoms with E-state index in [1.165, 1.54) is 10.4 Å². The Hall–Kier alpha value is -1.06. The second-order valence-corrected chi connectivity index (χ2v) is 4.78. The third-order valence-electron chi connectivity index (χ3n) is 2.42. The van der Waals surface area contributed by atoms with Crippen LogP contribution in [-0.4, -0.2) is 7.05 Å². The molecular weight excluding hydrogens is 206 g/mol. The fraction of sp³-hybridized carbons (Fsp3) is 0.333. The molecule has 15 heavy (non-hydrogen) atoms. The summed E-state index contributed by atoms with van der Waals surface area (Å²) < 4.78 is 5.64. The highest BCUT2D eigenvalue weighted by Gasteiger charge is 2.16. The third-order valence-corrected chi connectivity index (χ3v) is 3.30. The highest BCUT2D eigenvalue weighted by molar-refractivity contribution is 7.10. The molecule has 2 aromatic rings. The van der Waals surface area contributed by atoms with Crippen LogP contribution in [0.3, 0.4) is 0 Å². The van der Waals surface area contributed by atoms with Crippen LogP contribution in [-0.2, 0) is 0 Å². The first kappa shape index (κ1) is 10.5. The van der Waals surface area contributed by atoms with Gasteiger partial charge in [-0.3, -0.25) is 0 Å². The molecule has 0 saturated carbocycles. The topological polar surface area (TPSA) is 25.2 Å². The fourth-order valence-corrected chi connectivity index (χ4v) is 2.43. The van der Waals surface area contributed by atoms with Crippen LogP contribution in [0.4, 0.5) is 0 Å². The molecule has 1 N–H and O–H groups in total. The van der Waals surface area contributed by atoms with Crippen molar-refractivity contribution < 1.29 is 4.42 Å². The van der Waals surface area contributed by atoms with Gasteiger partial charge in [-0.05, 0) is 50.0 Å². The molecule has 1 atom stereocenters. The first-order chi connectivity index (χ1) is 7.20.